The van der Waals surface area contributed by atoms with Gasteiger partial charge in [-0.25, -0.2) is 13.8 Å². The predicted molar refractivity (Wildman–Crippen MR) is 148 cm³/mol. The molecule has 1 aromatic heterocycles. The number of nitrogens with zero attached hydrogens (tertiary/aromatic N) is 4. The van der Waals surface area contributed by atoms with Gasteiger partial charge in [0.25, 0.3) is 17.4 Å². The lowest BCUT2D eigenvalue weighted by atomic mass is 9.92. The molecule has 3 aromatic rings. The lowest BCUT2D eigenvalue weighted by molar-refractivity contribution is -0.141. The molecule has 1 amide bonds. The fraction of sp³-hybridized carbons (Fsp3) is 0.467. The number of hydrogen-bond acceptors (Lipinski definition) is 6. The zero-order valence-electron chi connectivity index (χ0n) is 24.1. The Bertz CT molecular complexity index is 1640. The lowest BCUT2D eigenvalue weighted by Crippen LogP contribution is -2.40. The van der Waals surface area contributed by atoms with Gasteiger partial charge in [0.1, 0.15) is 12.4 Å². The maximum atomic E-state index is 14.2. The Balaban J connectivity index is 1.41. The third kappa shape index (κ3) is 5.45. The zero-order valence-corrected chi connectivity index (χ0v) is 24.1. The number of carbonyl (C=O) groups excluding carboxylic acids is 2. The Morgan fingerprint density at radius 2 is 1.72 bits per heavy atom. The summed E-state index contributed by atoms with van der Waals surface area (Å²) in [5, 5.41) is -0.0778. The van der Waals surface area contributed by atoms with E-state index in [1.807, 2.05) is 0 Å². The molecule has 5 rings (SSSR count). The molecular formula is C30H31F5N4O4. The number of aryl methyl sites for hydroxylation is 1. The minimum absolute atomic E-state index is 0.0677. The molecule has 1 saturated heterocycles. The zero-order chi connectivity index (χ0) is 31.5. The van der Waals surface area contributed by atoms with E-state index < -0.39 is 47.2 Å². The highest BCUT2D eigenvalue weighted by Gasteiger charge is 2.70. The summed E-state index contributed by atoms with van der Waals surface area (Å²) in [6.45, 7) is 3.02. The van der Waals surface area contributed by atoms with Crippen molar-refractivity contribution in [1.82, 2.24) is 14.5 Å². The van der Waals surface area contributed by atoms with Crippen LogP contribution < -0.4 is 10.5 Å². The second-order valence-corrected chi connectivity index (χ2v) is 11.4. The SMILES string of the molecule is COC(=O)Cn1c(C)nc2cc(C(F)(F)F)c([C@H](C)N(C)c3ccc(C(=O)N4CCC5(CC4)CC5(F)F)cc3)cc2c1=O. The molecular weight excluding hydrogens is 575 g/mol. The molecule has 1 aliphatic heterocycles. The summed E-state index contributed by atoms with van der Waals surface area (Å²) in [5.74, 6) is -3.59. The number of carbonyl (C=O) groups is 2. The highest BCUT2D eigenvalue weighted by atomic mass is 19.4. The van der Waals surface area contributed by atoms with Gasteiger partial charge in [0, 0.05) is 43.2 Å². The van der Waals surface area contributed by atoms with Crippen molar-refractivity contribution in [2.24, 2.45) is 5.41 Å². The Morgan fingerprint density at radius 3 is 2.26 bits per heavy atom. The summed E-state index contributed by atoms with van der Waals surface area (Å²) in [7, 11) is 2.75. The molecule has 1 atom stereocenters. The van der Waals surface area contributed by atoms with Gasteiger partial charge >= 0.3 is 12.1 Å². The Morgan fingerprint density at radius 1 is 1.12 bits per heavy atom. The molecule has 0 radical (unpaired) electrons. The molecule has 0 unspecified atom stereocenters. The first-order chi connectivity index (χ1) is 20.1. The summed E-state index contributed by atoms with van der Waals surface area (Å²) >= 11 is 0. The van der Waals surface area contributed by atoms with Gasteiger partial charge in [-0.15, -0.1) is 0 Å². The summed E-state index contributed by atoms with van der Waals surface area (Å²) < 4.78 is 75.8. The first-order valence-corrected chi connectivity index (χ1v) is 13.8. The van der Waals surface area contributed by atoms with Crippen molar-refractivity contribution in [2.75, 3.05) is 32.1 Å². The third-order valence-electron chi connectivity index (χ3n) is 8.91. The quantitative estimate of drug-likeness (QED) is 0.278. The van der Waals surface area contributed by atoms with Gasteiger partial charge in [0.2, 0.25) is 0 Å². The van der Waals surface area contributed by atoms with Crippen LogP contribution in [-0.2, 0) is 22.3 Å². The maximum absolute atomic E-state index is 14.2. The van der Waals surface area contributed by atoms with Crippen LogP contribution in [0.3, 0.4) is 0 Å². The number of likely N-dealkylation sites (tertiary alicyclic amines) is 1. The van der Waals surface area contributed by atoms with Crippen LogP contribution in [-0.4, -0.2) is 59.5 Å². The number of benzene rings is 2. The highest BCUT2D eigenvalue weighted by Crippen LogP contribution is 2.65. The van der Waals surface area contributed by atoms with Crippen molar-refractivity contribution in [2.45, 2.75) is 57.8 Å². The highest BCUT2D eigenvalue weighted by molar-refractivity contribution is 5.94. The molecule has 2 aliphatic rings. The van der Waals surface area contributed by atoms with E-state index in [1.165, 1.54) is 6.92 Å². The molecule has 2 heterocycles. The molecule has 1 spiro atoms. The molecule has 1 saturated carbocycles. The maximum Gasteiger partial charge on any atom is 0.416 e. The van der Waals surface area contributed by atoms with E-state index in [9.17, 15) is 36.3 Å². The van der Waals surface area contributed by atoms with Gasteiger partial charge in [-0.2, -0.15) is 13.2 Å². The smallest absolute Gasteiger partial charge is 0.416 e. The Labute approximate surface area is 244 Å². The van der Waals surface area contributed by atoms with Crippen LogP contribution in [0.4, 0.5) is 27.6 Å². The molecule has 2 fully saturated rings. The fourth-order valence-corrected chi connectivity index (χ4v) is 5.88. The monoisotopic (exact) mass is 606 g/mol. The average molecular weight is 607 g/mol. The number of alkyl halides is 5. The van der Waals surface area contributed by atoms with Gasteiger partial charge in [0.05, 0.1) is 29.6 Å². The van der Waals surface area contributed by atoms with E-state index in [0.29, 0.717) is 11.3 Å². The Hall–Kier alpha value is -4.03. The normalized spacial score (nSPS) is 18.0. The topological polar surface area (TPSA) is 84.7 Å². The number of fused-ring (bicyclic) bond motifs is 1. The number of rotatable bonds is 6. The number of anilines is 1. The molecule has 2 aromatic carbocycles. The standard InChI is InChI=1S/C30H31F5N4O4/c1-17(21-13-22-24(14-23(21)30(33,34)35)36-18(2)39(27(22)42)15-25(40)43-4)37(3)20-7-5-19(6-8-20)26(41)38-11-9-28(10-12-38)16-29(28,31)32/h5-8,13-14,17H,9-12,15-16H2,1-4H3/t17-/m0/s1. The number of amides is 1. The Kier molecular flexibility index (Phi) is 7.50. The van der Waals surface area contributed by atoms with Crippen LogP contribution in [0.2, 0.25) is 0 Å². The molecule has 0 bridgehead atoms. The first kappa shape index (κ1) is 30.4. The number of ether oxygens (including phenoxy) is 1. The largest absolute Gasteiger partial charge is 0.468 e. The van der Waals surface area contributed by atoms with Gasteiger partial charge in [-0.3, -0.25) is 19.0 Å². The number of piperidine rings is 1. The second-order valence-electron chi connectivity index (χ2n) is 11.4. The average Bonchev–Trinajstić information content (AvgIpc) is 3.51. The lowest BCUT2D eigenvalue weighted by Gasteiger charge is -2.32. The van der Waals surface area contributed by atoms with Crippen LogP contribution in [0.25, 0.3) is 10.9 Å². The van der Waals surface area contributed by atoms with Crippen molar-refractivity contribution in [3.63, 3.8) is 0 Å². The second kappa shape index (κ2) is 10.6. The minimum atomic E-state index is -4.75. The van der Waals surface area contributed by atoms with Crippen molar-refractivity contribution in [3.05, 3.63) is 69.3 Å². The van der Waals surface area contributed by atoms with E-state index in [1.54, 1.807) is 48.0 Å². The molecule has 230 valence electrons. The van der Waals surface area contributed by atoms with Crippen molar-refractivity contribution >= 4 is 28.5 Å². The number of esters is 1. The summed E-state index contributed by atoms with van der Waals surface area (Å²) in [5.41, 5.74) is -2.06. The van der Waals surface area contributed by atoms with E-state index in [0.717, 1.165) is 23.8 Å². The van der Waals surface area contributed by atoms with E-state index in [4.69, 9.17) is 0 Å². The van der Waals surface area contributed by atoms with Crippen molar-refractivity contribution in [3.8, 4) is 0 Å². The van der Waals surface area contributed by atoms with Crippen molar-refractivity contribution < 1.29 is 36.3 Å². The van der Waals surface area contributed by atoms with Crippen LogP contribution >= 0.6 is 0 Å². The molecule has 0 N–H and O–H groups in total. The number of methoxy groups -OCH3 is 1. The summed E-state index contributed by atoms with van der Waals surface area (Å²) in [6, 6.07) is 7.44. The third-order valence-corrected chi connectivity index (χ3v) is 8.91. The molecule has 13 heteroatoms. The minimum Gasteiger partial charge on any atom is -0.468 e. The number of aromatic nitrogens is 2. The van der Waals surface area contributed by atoms with Crippen LogP contribution in [0.5, 0.6) is 0 Å². The van der Waals surface area contributed by atoms with Crippen LogP contribution in [0.1, 0.15) is 59.5 Å². The van der Waals surface area contributed by atoms with Gasteiger partial charge < -0.3 is 14.5 Å². The van der Waals surface area contributed by atoms with E-state index in [2.05, 4.69) is 9.72 Å². The van der Waals surface area contributed by atoms with Gasteiger partial charge in [-0.1, -0.05) is 0 Å². The van der Waals surface area contributed by atoms with Crippen LogP contribution in [0, 0.1) is 12.3 Å². The number of halogens is 5. The fourth-order valence-electron chi connectivity index (χ4n) is 5.88. The van der Waals surface area contributed by atoms with E-state index in [-0.39, 0.29) is 60.5 Å². The molecule has 1 aliphatic carbocycles. The molecule has 8 nitrogen and oxygen atoms in total. The summed E-state index contributed by atoms with van der Waals surface area (Å²) in [6.07, 6.45) is -4.38. The van der Waals surface area contributed by atoms with Gasteiger partial charge in [-0.05, 0) is 68.7 Å². The first-order valence-electron chi connectivity index (χ1n) is 13.8. The summed E-state index contributed by atoms with van der Waals surface area (Å²) in [4.78, 5) is 45.3. The number of hydrogen-bond donors (Lipinski definition) is 0. The van der Waals surface area contributed by atoms with Crippen molar-refractivity contribution in [1.29, 1.82) is 0 Å². The predicted octanol–water partition coefficient (Wildman–Crippen LogP) is 5.36. The van der Waals surface area contributed by atoms with Gasteiger partial charge in [0.15, 0.2) is 0 Å². The molecule has 43 heavy (non-hydrogen) atoms. The van der Waals surface area contributed by atoms with Crippen LogP contribution in [0.15, 0.2) is 41.2 Å². The van der Waals surface area contributed by atoms with E-state index >= 15 is 0 Å².